The molecule has 0 N–H and O–H groups in total. The second-order valence-electron chi connectivity index (χ2n) is 3.81. The maximum atomic E-state index is 12.0. The lowest BCUT2D eigenvalue weighted by atomic mass is 10.1. The van der Waals surface area contributed by atoms with Gasteiger partial charge in [0.1, 0.15) is 5.76 Å². The number of rotatable bonds is 4. The van der Waals surface area contributed by atoms with Crippen LogP contribution in [-0.4, -0.2) is 5.78 Å². The predicted octanol–water partition coefficient (Wildman–Crippen LogP) is 4.03. The van der Waals surface area contributed by atoms with Crippen LogP contribution in [0.3, 0.4) is 0 Å². The van der Waals surface area contributed by atoms with Crippen molar-refractivity contribution in [3.63, 3.8) is 0 Å². The molecule has 2 aromatic rings. The summed E-state index contributed by atoms with van der Waals surface area (Å²) in [4.78, 5) is 12.0. The summed E-state index contributed by atoms with van der Waals surface area (Å²) in [5.74, 6) is 1.30. The molecule has 1 aromatic heterocycles. The average molecular weight is 293 g/mol. The minimum Gasteiger partial charge on any atom is -0.458 e. The largest absolute Gasteiger partial charge is 0.458 e. The number of halogens is 1. The molecule has 1 heterocycles. The minimum atomic E-state index is 0.0107. The molecule has 0 bridgehead atoms. The summed E-state index contributed by atoms with van der Waals surface area (Å²) in [6.45, 7) is 2.00. The summed E-state index contributed by atoms with van der Waals surface area (Å²) in [5, 5.41) is 0. The van der Waals surface area contributed by atoms with E-state index in [1.165, 1.54) is 0 Å². The van der Waals surface area contributed by atoms with Crippen molar-refractivity contribution in [3.05, 3.63) is 58.0 Å². The van der Waals surface area contributed by atoms with Crippen LogP contribution in [-0.2, 0) is 12.8 Å². The molecule has 0 atom stereocenters. The van der Waals surface area contributed by atoms with Gasteiger partial charge in [0.15, 0.2) is 5.76 Å². The smallest absolute Gasteiger partial charge is 0.202 e. The third-order valence-electron chi connectivity index (χ3n) is 2.59. The summed E-state index contributed by atoms with van der Waals surface area (Å²) in [5.41, 5.74) is 0.979. The first kappa shape index (κ1) is 12.1. The summed E-state index contributed by atoms with van der Waals surface area (Å²) >= 11 is 3.43. The number of benzene rings is 1. The fourth-order valence-electron chi connectivity index (χ4n) is 1.62. The van der Waals surface area contributed by atoms with Crippen molar-refractivity contribution in [2.75, 3.05) is 0 Å². The van der Waals surface area contributed by atoms with E-state index < -0.39 is 0 Å². The molecule has 0 aliphatic rings. The van der Waals surface area contributed by atoms with Gasteiger partial charge in [-0.3, -0.25) is 4.79 Å². The minimum absolute atomic E-state index is 0.0107. The molecule has 0 fully saturated rings. The van der Waals surface area contributed by atoms with E-state index in [4.69, 9.17) is 4.42 Å². The van der Waals surface area contributed by atoms with Crippen molar-refractivity contribution < 1.29 is 9.21 Å². The normalized spacial score (nSPS) is 10.5. The van der Waals surface area contributed by atoms with Crippen LogP contribution in [0.1, 0.15) is 28.8 Å². The van der Waals surface area contributed by atoms with Crippen molar-refractivity contribution >= 4 is 21.7 Å². The topological polar surface area (TPSA) is 30.2 Å². The fraction of sp³-hybridized carbons (Fsp3) is 0.214. The molecule has 88 valence electrons. The van der Waals surface area contributed by atoms with Gasteiger partial charge in [-0.25, -0.2) is 0 Å². The maximum absolute atomic E-state index is 12.0. The van der Waals surface area contributed by atoms with Gasteiger partial charge in [-0.05, 0) is 23.8 Å². The number of carbonyl (C=O) groups is 1. The van der Waals surface area contributed by atoms with Crippen molar-refractivity contribution in [1.82, 2.24) is 0 Å². The second kappa shape index (κ2) is 5.32. The number of Topliss-reactive ketones (excluding diaryl/α,β-unsaturated/α-hetero) is 1. The van der Waals surface area contributed by atoms with Crippen LogP contribution in [0.2, 0.25) is 0 Å². The number of hydrogen-bond acceptors (Lipinski definition) is 2. The summed E-state index contributed by atoms with van der Waals surface area (Å²) in [6, 6.07) is 11.3. The molecule has 0 spiro atoms. The number of carbonyl (C=O) groups excluding carboxylic acids is 1. The zero-order valence-electron chi connectivity index (χ0n) is 9.57. The van der Waals surface area contributed by atoms with Gasteiger partial charge >= 0.3 is 0 Å². The molecule has 0 aliphatic carbocycles. The van der Waals surface area contributed by atoms with Crippen LogP contribution >= 0.6 is 15.9 Å². The number of aryl methyl sites for hydroxylation is 1. The van der Waals surface area contributed by atoms with Gasteiger partial charge in [0, 0.05) is 17.3 Å². The standard InChI is InChI=1S/C14H13BrO2/c1-2-11-7-8-14(17-11)13(16)9-10-5-3-4-6-12(10)15/h3-8H,2,9H2,1H3. The lowest BCUT2D eigenvalue weighted by molar-refractivity contribution is 0.0964. The van der Waals surface area contributed by atoms with E-state index in [2.05, 4.69) is 15.9 Å². The highest BCUT2D eigenvalue weighted by Crippen LogP contribution is 2.19. The molecule has 0 radical (unpaired) electrons. The van der Waals surface area contributed by atoms with Crippen LogP contribution in [0.4, 0.5) is 0 Å². The quantitative estimate of drug-likeness (QED) is 0.797. The Bertz CT molecular complexity index is 529. The van der Waals surface area contributed by atoms with E-state index in [9.17, 15) is 4.79 Å². The summed E-state index contributed by atoms with van der Waals surface area (Å²) < 4.78 is 6.40. The van der Waals surface area contributed by atoms with Crippen molar-refractivity contribution in [2.45, 2.75) is 19.8 Å². The van der Waals surface area contributed by atoms with E-state index in [-0.39, 0.29) is 5.78 Å². The lowest BCUT2D eigenvalue weighted by Crippen LogP contribution is -2.02. The van der Waals surface area contributed by atoms with E-state index in [1.54, 1.807) is 6.07 Å². The molecule has 0 amide bonds. The Kier molecular flexibility index (Phi) is 3.79. The second-order valence-corrected chi connectivity index (χ2v) is 4.67. The molecule has 2 nitrogen and oxygen atoms in total. The highest BCUT2D eigenvalue weighted by Gasteiger charge is 2.12. The lowest BCUT2D eigenvalue weighted by Gasteiger charge is -2.01. The number of hydrogen-bond donors (Lipinski definition) is 0. The van der Waals surface area contributed by atoms with Gasteiger partial charge in [0.25, 0.3) is 0 Å². The van der Waals surface area contributed by atoms with Crippen LogP contribution in [0.25, 0.3) is 0 Å². The molecular weight excluding hydrogens is 280 g/mol. The van der Waals surface area contributed by atoms with E-state index in [0.29, 0.717) is 12.2 Å². The Balaban J connectivity index is 2.14. The molecule has 0 unspecified atom stereocenters. The molecule has 0 saturated carbocycles. The van der Waals surface area contributed by atoms with Gasteiger partial charge < -0.3 is 4.42 Å². The average Bonchev–Trinajstić information content (AvgIpc) is 2.81. The highest BCUT2D eigenvalue weighted by molar-refractivity contribution is 9.10. The first-order valence-electron chi connectivity index (χ1n) is 5.56. The predicted molar refractivity (Wildman–Crippen MR) is 70.3 cm³/mol. The molecular formula is C14H13BrO2. The van der Waals surface area contributed by atoms with Crippen molar-refractivity contribution in [1.29, 1.82) is 0 Å². The Morgan fingerprint density at radius 2 is 2.00 bits per heavy atom. The van der Waals surface area contributed by atoms with Crippen molar-refractivity contribution in [2.24, 2.45) is 0 Å². The first-order chi connectivity index (χ1) is 8.20. The van der Waals surface area contributed by atoms with Gasteiger partial charge in [0.2, 0.25) is 5.78 Å². The first-order valence-corrected chi connectivity index (χ1v) is 6.35. The Morgan fingerprint density at radius 3 is 2.65 bits per heavy atom. The van der Waals surface area contributed by atoms with Gasteiger partial charge in [-0.1, -0.05) is 41.1 Å². The molecule has 1 aromatic carbocycles. The SMILES string of the molecule is CCc1ccc(C(=O)Cc2ccccc2Br)o1. The molecule has 3 heteroatoms. The zero-order valence-corrected chi connectivity index (χ0v) is 11.2. The van der Waals surface area contributed by atoms with Gasteiger partial charge in [0.05, 0.1) is 0 Å². The number of ketones is 1. The maximum Gasteiger partial charge on any atom is 0.202 e. The highest BCUT2D eigenvalue weighted by atomic mass is 79.9. The molecule has 0 aliphatic heterocycles. The van der Waals surface area contributed by atoms with E-state index in [1.807, 2.05) is 37.3 Å². The van der Waals surface area contributed by atoms with Gasteiger partial charge in [-0.15, -0.1) is 0 Å². The van der Waals surface area contributed by atoms with E-state index in [0.717, 1.165) is 22.2 Å². The van der Waals surface area contributed by atoms with Crippen LogP contribution in [0.15, 0.2) is 45.3 Å². The molecule has 0 saturated heterocycles. The zero-order chi connectivity index (χ0) is 12.3. The Morgan fingerprint density at radius 1 is 1.24 bits per heavy atom. The number of furan rings is 1. The third kappa shape index (κ3) is 2.86. The molecule has 17 heavy (non-hydrogen) atoms. The van der Waals surface area contributed by atoms with E-state index >= 15 is 0 Å². The van der Waals surface area contributed by atoms with Crippen molar-refractivity contribution in [3.8, 4) is 0 Å². The molecule has 2 rings (SSSR count). The van der Waals surface area contributed by atoms with Crippen LogP contribution in [0.5, 0.6) is 0 Å². The third-order valence-corrected chi connectivity index (χ3v) is 3.37. The Labute approximate surface area is 109 Å². The van der Waals surface area contributed by atoms with Crippen LogP contribution < -0.4 is 0 Å². The summed E-state index contributed by atoms with van der Waals surface area (Å²) in [6.07, 6.45) is 1.17. The monoisotopic (exact) mass is 292 g/mol. The Hall–Kier alpha value is -1.35. The van der Waals surface area contributed by atoms with Gasteiger partial charge in [-0.2, -0.15) is 0 Å². The van der Waals surface area contributed by atoms with Crippen LogP contribution in [0, 0.1) is 0 Å². The summed E-state index contributed by atoms with van der Waals surface area (Å²) in [7, 11) is 0. The fourth-order valence-corrected chi connectivity index (χ4v) is 2.04.